The minimum Gasteiger partial charge on any atom is -0.351 e. The fraction of sp³-hybridized carbons (Fsp3) is 0.292. The van der Waals surface area contributed by atoms with Gasteiger partial charge in [-0.25, -0.2) is 31.3 Å². The van der Waals surface area contributed by atoms with Gasteiger partial charge >= 0.3 is 0 Å². The Kier molecular flexibility index (Phi) is 6.41. The minimum absolute atomic E-state index is 0.0144. The number of carbonyl (C=O) groups excluding carboxylic acids is 1. The molecular formula is C24H23F3N4O4S. The average Bonchev–Trinajstić information content (AvgIpc) is 3.07. The number of nitrogens with zero attached hydrogens (tertiary/aromatic N) is 2. The van der Waals surface area contributed by atoms with Crippen LogP contribution in [-0.4, -0.2) is 36.4 Å². The van der Waals surface area contributed by atoms with Crippen LogP contribution in [0.3, 0.4) is 0 Å². The number of pyridine rings is 2. The smallest absolute Gasteiger partial charge is 0.269 e. The van der Waals surface area contributed by atoms with Crippen molar-refractivity contribution in [1.29, 1.82) is 0 Å². The molecule has 190 valence electrons. The zero-order valence-corrected chi connectivity index (χ0v) is 20.4. The summed E-state index contributed by atoms with van der Waals surface area (Å²) in [7, 11) is -4.55. The van der Waals surface area contributed by atoms with Crippen LogP contribution >= 0.6 is 0 Å². The zero-order valence-electron chi connectivity index (χ0n) is 19.6. The number of hydrogen-bond donors (Lipinski definition) is 2. The average molecular weight is 521 g/mol. The van der Waals surface area contributed by atoms with Crippen molar-refractivity contribution in [2.24, 2.45) is 5.92 Å². The van der Waals surface area contributed by atoms with Gasteiger partial charge in [-0.15, -0.1) is 0 Å². The third-order valence-corrected chi connectivity index (χ3v) is 7.98. The predicted molar refractivity (Wildman–Crippen MR) is 126 cm³/mol. The second kappa shape index (κ2) is 9.08. The number of nitrogens with one attached hydrogen (secondary N) is 2. The van der Waals surface area contributed by atoms with Crippen LogP contribution in [0, 0.1) is 23.4 Å². The van der Waals surface area contributed by atoms with E-state index in [0.717, 1.165) is 18.6 Å². The number of hydrogen-bond acceptors (Lipinski definition) is 6. The van der Waals surface area contributed by atoms with Gasteiger partial charge in [0.2, 0.25) is 0 Å². The summed E-state index contributed by atoms with van der Waals surface area (Å²) in [4.78, 5) is 32.9. The van der Waals surface area contributed by atoms with E-state index in [4.69, 9.17) is 0 Å². The van der Waals surface area contributed by atoms with Crippen molar-refractivity contribution in [2.45, 2.75) is 37.6 Å². The number of rotatable bonds is 5. The van der Waals surface area contributed by atoms with Crippen LogP contribution in [0.1, 0.15) is 37.6 Å². The van der Waals surface area contributed by atoms with E-state index in [2.05, 4.69) is 9.97 Å². The summed E-state index contributed by atoms with van der Waals surface area (Å²) >= 11 is 0. The van der Waals surface area contributed by atoms with Gasteiger partial charge in [-0.05, 0) is 56.5 Å². The van der Waals surface area contributed by atoms with Crippen LogP contribution in [-0.2, 0) is 10.0 Å². The van der Waals surface area contributed by atoms with Crippen LogP contribution in [0.2, 0.25) is 0 Å². The standard InChI is InChI=1S/C24H23F3N4O4S/c1-13-8-10-31(24(13,2)3)21-15(22(32)30-36(34,35)19-5-4-9-28-23(19)33)6-7-18(29-21)16-11-14(25)12-17(26)20(16)27/h4-7,9,11-13H,8,10H2,1-3H3,(H,28,33)(H,30,32). The summed E-state index contributed by atoms with van der Waals surface area (Å²) in [5.74, 6) is -4.64. The highest BCUT2D eigenvalue weighted by molar-refractivity contribution is 7.90. The fourth-order valence-corrected chi connectivity index (χ4v) is 5.21. The molecule has 4 rings (SSSR count). The number of sulfonamides is 1. The maximum Gasteiger partial charge on any atom is 0.269 e. The van der Waals surface area contributed by atoms with Crippen LogP contribution in [0.25, 0.3) is 11.3 Å². The SMILES string of the molecule is CC1CCN(c2nc(-c3cc(F)cc(F)c3F)ccc2C(=O)NS(=O)(=O)c2ccc[nH]c2=O)C1(C)C. The van der Waals surface area contributed by atoms with E-state index in [1.807, 2.05) is 25.5 Å². The number of aromatic amines is 1. The molecule has 1 aliphatic rings. The maximum atomic E-state index is 14.5. The molecule has 0 radical (unpaired) electrons. The lowest BCUT2D eigenvalue weighted by atomic mass is 9.90. The highest BCUT2D eigenvalue weighted by Crippen LogP contribution is 2.39. The molecule has 1 unspecified atom stereocenters. The van der Waals surface area contributed by atoms with E-state index in [1.54, 1.807) is 4.90 Å². The van der Waals surface area contributed by atoms with Gasteiger partial charge < -0.3 is 9.88 Å². The summed E-state index contributed by atoms with van der Waals surface area (Å²) < 4.78 is 69.6. The molecule has 2 N–H and O–H groups in total. The number of anilines is 1. The number of carbonyl (C=O) groups is 1. The van der Waals surface area contributed by atoms with Gasteiger partial charge in [-0.1, -0.05) is 6.92 Å². The number of amides is 1. The Balaban J connectivity index is 1.84. The minimum atomic E-state index is -4.55. The quantitative estimate of drug-likeness (QED) is 0.498. The molecule has 12 heteroatoms. The van der Waals surface area contributed by atoms with Crippen molar-refractivity contribution in [3.8, 4) is 11.3 Å². The lowest BCUT2D eigenvalue weighted by Crippen LogP contribution is -2.44. The van der Waals surface area contributed by atoms with Gasteiger partial charge in [0.25, 0.3) is 21.5 Å². The van der Waals surface area contributed by atoms with E-state index in [0.29, 0.717) is 12.6 Å². The highest BCUT2D eigenvalue weighted by atomic mass is 32.2. The molecule has 0 saturated carbocycles. The summed E-state index contributed by atoms with van der Waals surface area (Å²) in [6.07, 6.45) is 1.97. The summed E-state index contributed by atoms with van der Waals surface area (Å²) in [6, 6.07) is 5.91. The third kappa shape index (κ3) is 4.48. The summed E-state index contributed by atoms with van der Waals surface area (Å²) in [5.41, 5.74) is -2.22. The van der Waals surface area contributed by atoms with Crippen molar-refractivity contribution < 1.29 is 26.4 Å². The Morgan fingerprint density at radius 3 is 2.56 bits per heavy atom. The van der Waals surface area contributed by atoms with Gasteiger partial charge in [0.1, 0.15) is 11.6 Å². The van der Waals surface area contributed by atoms with Gasteiger partial charge in [0.05, 0.1) is 11.3 Å². The van der Waals surface area contributed by atoms with Gasteiger partial charge in [0, 0.05) is 29.9 Å². The summed E-state index contributed by atoms with van der Waals surface area (Å²) in [5, 5.41) is 0. The molecule has 3 heterocycles. The highest BCUT2D eigenvalue weighted by Gasteiger charge is 2.41. The predicted octanol–water partition coefficient (Wildman–Crippen LogP) is 3.60. The molecule has 1 aromatic carbocycles. The van der Waals surface area contributed by atoms with E-state index in [1.165, 1.54) is 24.4 Å². The van der Waals surface area contributed by atoms with Crippen molar-refractivity contribution in [2.75, 3.05) is 11.4 Å². The topological polar surface area (TPSA) is 112 Å². The Morgan fingerprint density at radius 1 is 1.19 bits per heavy atom. The maximum absolute atomic E-state index is 14.5. The molecule has 0 aliphatic carbocycles. The van der Waals surface area contributed by atoms with E-state index in [9.17, 15) is 31.2 Å². The van der Waals surface area contributed by atoms with Crippen LogP contribution < -0.4 is 15.2 Å². The van der Waals surface area contributed by atoms with Gasteiger partial charge in [-0.2, -0.15) is 0 Å². The Bertz CT molecular complexity index is 1520. The molecule has 36 heavy (non-hydrogen) atoms. The number of benzene rings is 1. The largest absolute Gasteiger partial charge is 0.351 e. The van der Waals surface area contributed by atoms with Gasteiger partial charge in [-0.3, -0.25) is 9.59 Å². The Labute approximate surface area is 205 Å². The molecule has 1 fully saturated rings. The van der Waals surface area contributed by atoms with E-state index in [-0.39, 0.29) is 23.0 Å². The number of halogens is 3. The van der Waals surface area contributed by atoms with Crippen molar-refractivity contribution in [3.63, 3.8) is 0 Å². The van der Waals surface area contributed by atoms with Crippen molar-refractivity contribution in [3.05, 3.63) is 76.0 Å². The van der Waals surface area contributed by atoms with Crippen molar-refractivity contribution in [1.82, 2.24) is 14.7 Å². The van der Waals surface area contributed by atoms with Crippen LogP contribution in [0.4, 0.5) is 19.0 Å². The van der Waals surface area contributed by atoms with Crippen LogP contribution in [0.5, 0.6) is 0 Å². The fourth-order valence-electron chi connectivity index (χ4n) is 4.18. The zero-order chi connectivity index (χ0) is 26.4. The molecule has 3 aromatic rings. The van der Waals surface area contributed by atoms with Gasteiger partial charge in [0.15, 0.2) is 16.5 Å². The first kappa shape index (κ1) is 25.4. The second-order valence-corrected chi connectivity index (χ2v) is 10.8. The van der Waals surface area contributed by atoms with E-state index < -0.39 is 54.9 Å². The molecule has 1 amide bonds. The monoisotopic (exact) mass is 520 g/mol. The molecular weight excluding hydrogens is 497 g/mol. The number of aromatic nitrogens is 2. The molecule has 0 bridgehead atoms. The molecule has 2 aromatic heterocycles. The molecule has 1 saturated heterocycles. The first-order chi connectivity index (χ1) is 16.8. The van der Waals surface area contributed by atoms with Crippen molar-refractivity contribution >= 4 is 21.7 Å². The van der Waals surface area contributed by atoms with E-state index >= 15 is 0 Å². The molecule has 1 aliphatic heterocycles. The Hall–Kier alpha value is -3.67. The first-order valence-electron chi connectivity index (χ1n) is 11.0. The lowest BCUT2D eigenvalue weighted by molar-refractivity contribution is 0.0981. The second-order valence-electron chi connectivity index (χ2n) is 9.11. The first-order valence-corrected chi connectivity index (χ1v) is 12.5. The molecule has 0 spiro atoms. The van der Waals surface area contributed by atoms with Crippen LogP contribution in [0.15, 0.2) is 52.3 Å². The number of H-pyrrole nitrogens is 1. The summed E-state index contributed by atoms with van der Waals surface area (Å²) in [6.45, 7) is 6.25. The Morgan fingerprint density at radius 2 is 1.92 bits per heavy atom. The molecule has 1 atom stereocenters. The third-order valence-electron chi connectivity index (χ3n) is 6.63. The molecule has 8 nitrogen and oxygen atoms in total. The lowest BCUT2D eigenvalue weighted by Gasteiger charge is -2.36. The normalized spacial score (nSPS) is 17.3.